The van der Waals surface area contributed by atoms with Crippen molar-refractivity contribution in [2.24, 2.45) is 0 Å². The molecule has 3 aromatic rings. The van der Waals surface area contributed by atoms with Gasteiger partial charge in [-0.25, -0.2) is 0 Å². The van der Waals surface area contributed by atoms with E-state index in [4.69, 9.17) is 21.1 Å². The molecule has 2 heterocycles. The SMILES string of the molecule is CCCSc1nnc2c(n1)OC(c1cc(Cl)cc(Br)c1OC)Nc1ccccc1-2. The molecule has 1 aromatic heterocycles. The lowest BCUT2D eigenvalue weighted by Crippen LogP contribution is -2.18. The molecule has 1 aliphatic rings. The Kier molecular flexibility index (Phi) is 6.12. The van der Waals surface area contributed by atoms with Crippen molar-refractivity contribution in [2.45, 2.75) is 24.7 Å². The number of nitrogens with one attached hydrogen (secondary N) is 1. The molecule has 0 aliphatic carbocycles. The quantitative estimate of drug-likeness (QED) is 0.439. The van der Waals surface area contributed by atoms with Crippen LogP contribution in [0.3, 0.4) is 0 Å². The maximum absolute atomic E-state index is 6.31. The van der Waals surface area contributed by atoms with Crippen LogP contribution in [0.2, 0.25) is 5.02 Å². The molecule has 1 unspecified atom stereocenters. The summed E-state index contributed by atoms with van der Waals surface area (Å²) in [5, 5.41) is 13.3. The Labute approximate surface area is 186 Å². The van der Waals surface area contributed by atoms with Crippen molar-refractivity contribution in [3.8, 4) is 22.9 Å². The van der Waals surface area contributed by atoms with Gasteiger partial charge in [0.05, 0.1) is 17.1 Å². The fraction of sp³-hybridized carbons (Fsp3) is 0.250. The summed E-state index contributed by atoms with van der Waals surface area (Å²) in [6.45, 7) is 2.11. The van der Waals surface area contributed by atoms with Gasteiger partial charge in [-0.3, -0.25) is 0 Å². The second-order valence-corrected chi connectivity index (χ2v) is 8.65. The number of hydrogen-bond acceptors (Lipinski definition) is 7. The molecule has 1 aliphatic heterocycles. The topological polar surface area (TPSA) is 69.2 Å². The predicted octanol–water partition coefficient (Wildman–Crippen LogP) is 5.97. The molecule has 4 rings (SSSR count). The average Bonchev–Trinajstić information content (AvgIpc) is 2.88. The Bertz CT molecular complexity index is 1050. The molecule has 0 saturated carbocycles. The Morgan fingerprint density at radius 2 is 2.10 bits per heavy atom. The van der Waals surface area contributed by atoms with E-state index < -0.39 is 6.23 Å². The van der Waals surface area contributed by atoms with E-state index in [1.165, 1.54) is 0 Å². The maximum atomic E-state index is 6.31. The summed E-state index contributed by atoms with van der Waals surface area (Å²) >= 11 is 11.4. The molecule has 2 aromatic carbocycles. The van der Waals surface area contributed by atoms with Crippen molar-refractivity contribution >= 4 is 45.0 Å². The van der Waals surface area contributed by atoms with Gasteiger partial charge in [0.15, 0.2) is 5.69 Å². The van der Waals surface area contributed by atoms with Crippen molar-refractivity contribution in [2.75, 3.05) is 18.2 Å². The number of rotatable bonds is 5. The largest absolute Gasteiger partial charge is 0.495 e. The van der Waals surface area contributed by atoms with Crippen LogP contribution in [0.15, 0.2) is 46.0 Å². The van der Waals surface area contributed by atoms with Gasteiger partial charge in [-0.2, -0.15) is 4.98 Å². The second kappa shape index (κ2) is 8.77. The Morgan fingerprint density at radius 1 is 1.28 bits per heavy atom. The first-order chi connectivity index (χ1) is 14.1. The molecule has 1 atom stereocenters. The number of nitrogens with zero attached hydrogens (tertiary/aromatic N) is 3. The van der Waals surface area contributed by atoms with Crippen LogP contribution in [0.25, 0.3) is 11.3 Å². The van der Waals surface area contributed by atoms with Gasteiger partial charge in [0.25, 0.3) is 0 Å². The summed E-state index contributed by atoms with van der Waals surface area (Å²) in [4.78, 5) is 4.63. The van der Waals surface area contributed by atoms with Gasteiger partial charge in [-0.1, -0.05) is 48.5 Å². The van der Waals surface area contributed by atoms with E-state index in [1.54, 1.807) is 24.9 Å². The number of hydrogen-bond donors (Lipinski definition) is 1. The van der Waals surface area contributed by atoms with E-state index in [2.05, 4.69) is 43.4 Å². The summed E-state index contributed by atoms with van der Waals surface area (Å²) in [7, 11) is 1.61. The first-order valence-corrected chi connectivity index (χ1v) is 11.2. The molecule has 6 nitrogen and oxygen atoms in total. The molecule has 0 spiro atoms. The smallest absolute Gasteiger partial charge is 0.247 e. The molecule has 0 bridgehead atoms. The van der Waals surface area contributed by atoms with Crippen LogP contribution < -0.4 is 14.8 Å². The molecule has 9 heteroatoms. The molecule has 1 N–H and O–H groups in total. The average molecular weight is 494 g/mol. The summed E-state index contributed by atoms with van der Waals surface area (Å²) < 4.78 is 12.6. The Balaban J connectivity index is 1.84. The van der Waals surface area contributed by atoms with Crippen molar-refractivity contribution < 1.29 is 9.47 Å². The number of fused-ring (bicyclic) bond motifs is 3. The molecule has 0 amide bonds. The van der Waals surface area contributed by atoms with Crippen LogP contribution in [0.1, 0.15) is 25.1 Å². The summed E-state index contributed by atoms with van der Waals surface area (Å²) in [5.41, 5.74) is 3.07. The third kappa shape index (κ3) is 4.15. The highest BCUT2D eigenvalue weighted by Gasteiger charge is 2.28. The number of methoxy groups -OCH3 is 1. The molecular formula is C20H18BrClN4O2S. The van der Waals surface area contributed by atoms with Crippen molar-refractivity contribution in [1.29, 1.82) is 0 Å². The normalized spacial score (nSPS) is 14.8. The maximum Gasteiger partial charge on any atom is 0.247 e. The highest BCUT2D eigenvalue weighted by atomic mass is 79.9. The molecule has 0 radical (unpaired) electrons. The second-order valence-electron chi connectivity index (χ2n) is 6.29. The standard InChI is InChI=1S/C20H18BrClN4O2S/c1-3-8-29-20-24-19-16(25-26-20)12-6-4-5-7-15(12)23-18(28-19)13-9-11(22)10-14(21)17(13)27-2/h4-7,9-10,18,23H,3,8H2,1-2H3. The summed E-state index contributed by atoms with van der Waals surface area (Å²) in [6, 6.07) is 11.4. The zero-order valence-electron chi connectivity index (χ0n) is 15.8. The first-order valence-electron chi connectivity index (χ1n) is 9.03. The first kappa shape index (κ1) is 20.3. The number of halogens is 2. The number of aromatic nitrogens is 3. The minimum Gasteiger partial charge on any atom is -0.495 e. The molecule has 150 valence electrons. The molecular weight excluding hydrogens is 476 g/mol. The van der Waals surface area contributed by atoms with E-state index in [1.807, 2.05) is 30.3 Å². The third-order valence-corrected chi connectivity index (χ3v) is 6.14. The fourth-order valence-electron chi connectivity index (χ4n) is 3.03. The minimum absolute atomic E-state index is 0.416. The number of ether oxygens (including phenoxy) is 2. The van der Waals surface area contributed by atoms with E-state index in [0.29, 0.717) is 27.5 Å². The fourth-order valence-corrected chi connectivity index (χ4v) is 4.66. The number of anilines is 1. The van der Waals surface area contributed by atoms with Gasteiger partial charge < -0.3 is 14.8 Å². The molecule has 0 saturated heterocycles. The van der Waals surface area contributed by atoms with E-state index in [0.717, 1.165) is 33.5 Å². The third-order valence-electron chi connectivity index (χ3n) is 4.29. The van der Waals surface area contributed by atoms with Gasteiger partial charge in [0, 0.05) is 22.0 Å². The minimum atomic E-state index is -0.580. The van der Waals surface area contributed by atoms with Crippen LogP contribution in [-0.4, -0.2) is 28.0 Å². The molecule has 29 heavy (non-hydrogen) atoms. The van der Waals surface area contributed by atoms with Crippen LogP contribution in [-0.2, 0) is 0 Å². The van der Waals surface area contributed by atoms with Crippen molar-refractivity contribution in [1.82, 2.24) is 15.2 Å². The Morgan fingerprint density at radius 3 is 2.90 bits per heavy atom. The van der Waals surface area contributed by atoms with Crippen LogP contribution in [0.4, 0.5) is 5.69 Å². The lowest BCUT2D eigenvalue weighted by atomic mass is 10.1. The van der Waals surface area contributed by atoms with Crippen LogP contribution in [0.5, 0.6) is 11.6 Å². The number of benzene rings is 2. The van der Waals surface area contributed by atoms with E-state index in [9.17, 15) is 0 Å². The lowest BCUT2D eigenvalue weighted by Gasteiger charge is -2.22. The molecule has 0 fully saturated rings. The van der Waals surface area contributed by atoms with E-state index in [-0.39, 0.29) is 0 Å². The predicted molar refractivity (Wildman–Crippen MR) is 119 cm³/mol. The summed E-state index contributed by atoms with van der Waals surface area (Å²) in [6.07, 6.45) is 0.440. The zero-order valence-corrected chi connectivity index (χ0v) is 18.9. The number of para-hydroxylation sites is 1. The van der Waals surface area contributed by atoms with Crippen LogP contribution >= 0.6 is 39.3 Å². The summed E-state index contributed by atoms with van der Waals surface area (Å²) in [5.74, 6) is 1.96. The van der Waals surface area contributed by atoms with Gasteiger partial charge in [0.2, 0.25) is 17.3 Å². The number of thioether (sulfide) groups is 1. The van der Waals surface area contributed by atoms with Gasteiger partial charge in [0.1, 0.15) is 5.75 Å². The zero-order chi connectivity index (χ0) is 20.4. The monoisotopic (exact) mass is 492 g/mol. The van der Waals surface area contributed by atoms with Crippen molar-refractivity contribution in [3.05, 3.63) is 51.5 Å². The Hall–Kier alpha value is -2.03. The van der Waals surface area contributed by atoms with Crippen molar-refractivity contribution in [3.63, 3.8) is 0 Å². The lowest BCUT2D eigenvalue weighted by molar-refractivity contribution is 0.219. The highest BCUT2D eigenvalue weighted by Crippen LogP contribution is 2.43. The van der Waals surface area contributed by atoms with Gasteiger partial charge >= 0.3 is 0 Å². The van der Waals surface area contributed by atoms with Gasteiger partial charge in [-0.05, 0) is 40.5 Å². The van der Waals surface area contributed by atoms with Crippen LogP contribution in [0, 0.1) is 0 Å². The van der Waals surface area contributed by atoms with Gasteiger partial charge in [-0.15, -0.1) is 10.2 Å². The highest BCUT2D eigenvalue weighted by molar-refractivity contribution is 9.10. The van der Waals surface area contributed by atoms with E-state index >= 15 is 0 Å².